The topological polar surface area (TPSA) is 29.3 Å². The third-order valence-electron chi connectivity index (χ3n) is 4.21. The van der Waals surface area contributed by atoms with Crippen LogP contribution in [0.2, 0.25) is 0 Å². The van der Waals surface area contributed by atoms with Crippen LogP contribution in [0.3, 0.4) is 0 Å². The highest BCUT2D eigenvalue weighted by atomic mass is 19.4. The first kappa shape index (κ1) is 20.0. The van der Waals surface area contributed by atoms with E-state index < -0.39 is 23.4 Å². The minimum Gasteiger partial charge on any atom is -0.441 e. The lowest BCUT2D eigenvalue weighted by Crippen LogP contribution is -2.18. The van der Waals surface area contributed by atoms with Gasteiger partial charge in [-0.2, -0.15) is 13.2 Å². The van der Waals surface area contributed by atoms with E-state index in [-0.39, 0.29) is 11.5 Å². The summed E-state index contributed by atoms with van der Waals surface area (Å²) in [5.41, 5.74) is 0.632. The van der Waals surface area contributed by atoms with Gasteiger partial charge in [0, 0.05) is 19.2 Å². The van der Waals surface area contributed by atoms with E-state index in [2.05, 4.69) is 4.98 Å². The van der Waals surface area contributed by atoms with Gasteiger partial charge in [0.25, 0.3) is 0 Å². The first-order valence-corrected chi connectivity index (χ1v) is 8.40. The number of halogens is 5. The van der Waals surface area contributed by atoms with Crippen molar-refractivity contribution in [1.29, 1.82) is 0 Å². The maximum Gasteiger partial charge on any atom is 0.416 e. The average molecular weight is 396 g/mol. The van der Waals surface area contributed by atoms with Crippen molar-refractivity contribution in [3.8, 4) is 11.5 Å². The zero-order valence-corrected chi connectivity index (χ0v) is 15.1. The number of hydrogen-bond acceptors (Lipinski definition) is 3. The number of rotatable bonds is 5. The van der Waals surface area contributed by atoms with Gasteiger partial charge in [0.1, 0.15) is 17.4 Å². The SMILES string of the molecule is Cc1oc(-c2ccc(F)cc2F)nc1CN(C)Cc1ccc(C(F)(F)F)cc1. The molecule has 2 aromatic carbocycles. The first-order valence-electron chi connectivity index (χ1n) is 8.40. The van der Waals surface area contributed by atoms with Gasteiger partial charge in [-0.15, -0.1) is 0 Å². The van der Waals surface area contributed by atoms with Crippen LogP contribution in [-0.2, 0) is 19.3 Å². The van der Waals surface area contributed by atoms with Gasteiger partial charge in [-0.3, -0.25) is 4.90 Å². The van der Waals surface area contributed by atoms with Gasteiger partial charge in [-0.25, -0.2) is 13.8 Å². The number of hydrogen-bond donors (Lipinski definition) is 0. The summed E-state index contributed by atoms with van der Waals surface area (Å²) in [5, 5.41) is 0. The lowest BCUT2D eigenvalue weighted by atomic mass is 10.1. The fraction of sp³-hybridized carbons (Fsp3) is 0.250. The number of nitrogens with zero attached hydrogens (tertiary/aromatic N) is 2. The molecule has 3 rings (SSSR count). The lowest BCUT2D eigenvalue weighted by Gasteiger charge is -2.16. The highest BCUT2D eigenvalue weighted by Gasteiger charge is 2.30. The van der Waals surface area contributed by atoms with Crippen LogP contribution >= 0.6 is 0 Å². The molecular formula is C20H17F5N2O. The minimum atomic E-state index is -4.37. The fourth-order valence-electron chi connectivity index (χ4n) is 2.78. The Morgan fingerprint density at radius 3 is 2.29 bits per heavy atom. The van der Waals surface area contributed by atoms with E-state index in [1.165, 1.54) is 18.2 Å². The second-order valence-electron chi connectivity index (χ2n) is 6.51. The first-order chi connectivity index (χ1) is 13.1. The third kappa shape index (κ3) is 4.56. The molecule has 0 aliphatic heterocycles. The Bertz CT molecular complexity index is 964. The van der Waals surface area contributed by atoms with Gasteiger partial charge in [0.2, 0.25) is 5.89 Å². The van der Waals surface area contributed by atoms with Crippen molar-refractivity contribution in [2.24, 2.45) is 0 Å². The van der Waals surface area contributed by atoms with Crippen LogP contribution in [-0.4, -0.2) is 16.9 Å². The number of aryl methyl sites for hydroxylation is 1. The maximum atomic E-state index is 13.9. The van der Waals surface area contributed by atoms with Crippen LogP contribution < -0.4 is 0 Å². The van der Waals surface area contributed by atoms with Crippen molar-refractivity contribution in [2.45, 2.75) is 26.2 Å². The monoisotopic (exact) mass is 396 g/mol. The molecule has 148 valence electrons. The van der Waals surface area contributed by atoms with Crippen molar-refractivity contribution in [1.82, 2.24) is 9.88 Å². The van der Waals surface area contributed by atoms with Gasteiger partial charge >= 0.3 is 6.18 Å². The van der Waals surface area contributed by atoms with E-state index in [4.69, 9.17) is 4.42 Å². The molecule has 0 aliphatic rings. The predicted molar refractivity (Wildman–Crippen MR) is 93.2 cm³/mol. The van der Waals surface area contributed by atoms with Crippen LogP contribution in [0.15, 0.2) is 46.9 Å². The normalized spacial score (nSPS) is 12.0. The molecule has 0 N–H and O–H groups in total. The zero-order chi connectivity index (χ0) is 20.5. The van der Waals surface area contributed by atoms with Crippen molar-refractivity contribution < 1.29 is 26.4 Å². The molecule has 0 saturated carbocycles. The smallest absolute Gasteiger partial charge is 0.416 e. The molecule has 0 bridgehead atoms. The number of alkyl halides is 3. The summed E-state index contributed by atoms with van der Waals surface area (Å²) < 4.78 is 70.4. The Hall–Kier alpha value is -2.74. The lowest BCUT2D eigenvalue weighted by molar-refractivity contribution is -0.137. The maximum absolute atomic E-state index is 13.9. The van der Waals surface area contributed by atoms with Crippen molar-refractivity contribution in [3.63, 3.8) is 0 Å². The number of aromatic nitrogens is 1. The minimum absolute atomic E-state index is 0.0490. The second kappa shape index (κ2) is 7.71. The Labute approximate surface area is 158 Å². The zero-order valence-electron chi connectivity index (χ0n) is 15.1. The average Bonchev–Trinajstić information content (AvgIpc) is 2.94. The van der Waals surface area contributed by atoms with Crippen molar-refractivity contribution >= 4 is 0 Å². The summed E-state index contributed by atoms with van der Waals surface area (Å²) in [5.74, 6) is -0.933. The van der Waals surface area contributed by atoms with E-state index in [0.717, 1.165) is 24.3 Å². The van der Waals surface area contributed by atoms with Gasteiger partial charge in [0.05, 0.1) is 16.8 Å². The molecule has 0 fully saturated rings. The van der Waals surface area contributed by atoms with Crippen molar-refractivity contribution in [2.75, 3.05) is 7.05 Å². The largest absolute Gasteiger partial charge is 0.441 e. The summed E-state index contributed by atoms with van der Waals surface area (Å²) >= 11 is 0. The Kier molecular flexibility index (Phi) is 5.51. The Morgan fingerprint density at radius 1 is 1.00 bits per heavy atom. The van der Waals surface area contributed by atoms with E-state index in [9.17, 15) is 22.0 Å². The van der Waals surface area contributed by atoms with Crippen LogP contribution in [0.5, 0.6) is 0 Å². The molecule has 0 unspecified atom stereocenters. The number of benzene rings is 2. The molecule has 0 aliphatic carbocycles. The standard InChI is InChI=1S/C20H17F5N2O/c1-12-18(26-19(28-12)16-8-7-15(21)9-17(16)22)11-27(2)10-13-3-5-14(6-4-13)20(23,24)25/h3-9H,10-11H2,1-2H3. The molecule has 3 nitrogen and oxygen atoms in total. The summed E-state index contributed by atoms with van der Waals surface area (Å²) in [6.07, 6.45) is -4.37. The van der Waals surface area contributed by atoms with Gasteiger partial charge in [-0.1, -0.05) is 12.1 Å². The van der Waals surface area contributed by atoms with Crippen LogP contribution in [0.1, 0.15) is 22.6 Å². The van der Waals surface area contributed by atoms with E-state index in [1.54, 1.807) is 14.0 Å². The van der Waals surface area contributed by atoms with Gasteiger partial charge in [0.15, 0.2) is 0 Å². The molecule has 8 heteroatoms. The highest BCUT2D eigenvalue weighted by molar-refractivity contribution is 5.54. The second-order valence-corrected chi connectivity index (χ2v) is 6.51. The van der Waals surface area contributed by atoms with Crippen LogP contribution in [0.25, 0.3) is 11.5 Å². The molecule has 3 aromatic rings. The van der Waals surface area contributed by atoms with Crippen LogP contribution in [0.4, 0.5) is 22.0 Å². The summed E-state index contributed by atoms with van der Waals surface area (Å²) in [7, 11) is 1.78. The molecule has 1 aromatic heterocycles. The molecule has 0 radical (unpaired) electrons. The molecule has 0 spiro atoms. The van der Waals surface area contributed by atoms with E-state index in [1.807, 2.05) is 4.90 Å². The quantitative estimate of drug-likeness (QED) is 0.528. The molecule has 28 heavy (non-hydrogen) atoms. The van der Waals surface area contributed by atoms with Gasteiger partial charge < -0.3 is 4.42 Å². The van der Waals surface area contributed by atoms with Crippen LogP contribution in [0, 0.1) is 18.6 Å². The predicted octanol–water partition coefficient (Wildman–Crippen LogP) is 5.58. The summed E-state index contributed by atoms with van der Waals surface area (Å²) in [6.45, 7) is 2.42. The van der Waals surface area contributed by atoms with Gasteiger partial charge in [-0.05, 0) is 43.8 Å². The van der Waals surface area contributed by atoms with E-state index in [0.29, 0.717) is 30.1 Å². The molecule has 0 atom stereocenters. The third-order valence-corrected chi connectivity index (χ3v) is 4.21. The highest BCUT2D eigenvalue weighted by Crippen LogP contribution is 2.29. The summed E-state index contributed by atoms with van der Waals surface area (Å²) in [4.78, 5) is 6.12. The Morgan fingerprint density at radius 2 is 1.68 bits per heavy atom. The molecule has 1 heterocycles. The molecule has 0 amide bonds. The fourth-order valence-corrected chi connectivity index (χ4v) is 2.78. The Balaban J connectivity index is 1.71. The molecule has 0 saturated heterocycles. The molecular weight excluding hydrogens is 379 g/mol. The van der Waals surface area contributed by atoms with Crippen molar-refractivity contribution in [3.05, 3.63) is 76.7 Å². The number of oxazole rings is 1. The summed E-state index contributed by atoms with van der Waals surface area (Å²) in [6, 6.07) is 8.06. The van der Waals surface area contributed by atoms with E-state index >= 15 is 0 Å².